The van der Waals surface area contributed by atoms with E-state index in [1.165, 1.54) is 32.1 Å². The molecule has 1 saturated carbocycles. The van der Waals surface area contributed by atoms with Gasteiger partial charge >= 0.3 is 0 Å². The molecule has 0 aromatic heterocycles. The Balaban J connectivity index is 1.97. The highest BCUT2D eigenvalue weighted by Gasteiger charge is 2.43. The highest BCUT2D eigenvalue weighted by molar-refractivity contribution is 4.85. The first-order valence-corrected chi connectivity index (χ1v) is 7.51. The Kier molecular flexibility index (Phi) is 4.48. The maximum absolute atomic E-state index is 6.38. The summed E-state index contributed by atoms with van der Waals surface area (Å²) < 4.78 is 12.5. The van der Waals surface area contributed by atoms with Crippen LogP contribution in [0.2, 0.25) is 0 Å². The van der Waals surface area contributed by atoms with E-state index in [0.29, 0.717) is 12.0 Å². The first-order valence-electron chi connectivity index (χ1n) is 7.51. The molecule has 100 valence electrons. The van der Waals surface area contributed by atoms with Gasteiger partial charge in [0.2, 0.25) is 0 Å². The van der Waals surface area contributed by atoms with Crippen LogP contribution in [-0.4, -0.2) is 18.5 Å². The maximum atomic E-state index is 6.38. The highest BCUT2D eigenvalue weighted by Crippen LogP contribution is 2.41. The molecule has 1 saturated heterocycles. The van der Waals surface area contributed by atoms with Crippen LogP contribution in [0, 0.1) is 11.8 Å². The number of ether oxygens (including phenoxy) is 2. The molecule has 0 radical (unpaired) electrons. The third kappa shape index (κ3) is 3.03. The van der Waals surface area contributed by atoms with Crippen LogP contribution < -0.4 is 0 Å². The summed E-state index contributed by atoms with van der Waals surface area (Å²) in [5.74, 6) is 1.25. The predicted octanol–water partition coefficient (Wildman–Crippen LogP) is 4.13. The lowest BCUT2D eigenvalue weighted by Crippen LogP contribution is -2.50. The van der Waals surface area contributed by atoms with Crippen LogP contribution in [0.1, 0.15) is 65.7 Å². The van der Waals surface area contributed by atoms with Gasteiger partial charge in [-0.3, -0.25) is 0 Å². The van der Waals surface area contributed by atoms with Crippen molar-refractivity contribution in [1.29, 1.82) is 0 Å². The molecule has 2 rings (SSSR count). The van der Waals surface area contributed by atoms with Crippen molar-refractivity contribution in [3.05, 3.63) is 0 Å². The molecule has 1 aliphatic carbocycles. The average Bonchev–Trinajstić information content (AvgIpc) is 2.34. The summed E-state index contributed by atoms with van der Waals surface area (Å²) in [7, 11) is 0. The first-order chi connectivity index (χ1) is 8.19. The SMILES string of the molecule is CCC[C@H]1OC2(CCC(C)CC2)OC[C@H]1CC. The predicted molar refractivity (Wildman–Crippen MR) is 69.9 cm³/mol. The topological polar surface area (TPSA) is 18.5 Å². The van der Waals surface area contributed by atoms with Gasteiger partial charge in [0.1, 0.15) is 0 Å². The molecule has 2 nitrogen and oxygen atoms in total. The van der Waals surface area contributed by atoms with Crippen molar-refractivity contribution in [1.82, 2.24) is 0 Å². The van der Waals surface area contributed by atoms with E-state index in [0.717, 1.165) is 25.4 Å². The molecule has 17 heavy (non-hydrogen) atoms. The fraction of sp³-hybridized carbons (Fsp3) is 1.00. The Morgan fingerprint density at radius 1 is 1.18 bits per heavy atom. The molecule has 0 N–H and O–H groups in total. The Bertz CT molecular complexity index is 231. The van der Waals surface area contributed by atoms with Crippen LogP contribution in [-0.2, 0) is 9.47 Å². The lowest BCUT2D eigenvalue weighted by molar-refractivity contribution is -0.325. The molecular weight excluding hydrogens is 212 g/mol. The second-order valence-electron chi connectivity index (χ2n) is 6.02. The van der Waals surface area contributed by atoms with Gasteiger partial charge in [0, 0.05) is 18.8 Å². The van der Waals surface area contributed by atoms with Gasteiger partial charge in [0.15, 0.2) is 5.79 Å². The van der Waals surface area contributed by atoms with E-state index in [9.17, 15) is 0 Å². The zero-order valence-corrected chi connectivity index (χ0v) is 11.7. The van der Waals surface area contributed by atoms with Gasteiger partial charge in [0.05, 0.1) is 12.7 Å². The minimum Gasteiger partial charge on any atom is -0.350 e. The monoisotopic (exact) mass is 240 g/mol. The van der Waals surface area contributed by atoms with Crippen LogP contribution in [0.15, 0.2) is 0 Å². The molecule has 2 atom stereocenters. The maximum Gasteiger partial charge on any atom is 0.168 e. The fourth-order valence-electron chi connectivity index (χ4n) is 3.20. The van der Waals surface area contributed by atoms with Crippen molar-refractivity contribution in [2.75, 3.05) is 6.61 Å². The third-order valence-electron chi connectivity index (χ3n) is 4.59. The number of hydrogen-bond donors (Lipinski definition) is 0. The van der Waals surface area contributed by atoms with Crippen molar-refractivity contribution in [3.63, 3.8) is 0 Å². The van der Waals surface area contributed by atoms with Crippen LogP contribution in [0.4, 0.5) is 0 Å². The standard InChI is InChI=1S/C15H28O2/c1-4-6-14-13(5-2)11-16-15(17-14)9-7-12(3)8-10-15/h12-14H,4-11H2,1-3H3/t12?,13-,14-,15?/m1/s1. The van der Waals surface area contributed by atoms with Gasteiger partial charge < -0.3 is 9.47 Å². The van der Waals surface area contributed by atoms with Crippen molar-refractivity contribution in [2.24, 2.45) is 11.8 Å². The summed E-state index contributed by atoms with van der Waals surface area (Å²) >= 11 is 0. The summed E-state index contributed by atoms with van der Waals surface area (Å²) in [4.78, 5) is 0. The summed E-state index contributed by atoms with van der Waals surface area (Å²) in [6.45, 7) is 7.76. The zero-order chi connectivity index (χ0) is 12.3. The minimum atomic E-state index is -0.210. The van der Waals surface area contributed by atoms with E-state index in [1.807, 2.05) is 0 Å². The first kappa shape index (κ1) is 13.4. The molecule has 2 heteroatoms. The third-order valence-corrected chi connectivity index (χ3v) is 4.59. The van der Waals surface area contributed by atoms with Gasteiger partial charge in [-0.05, 0) is 31.6 Å². The Morgan fingerprint density at radius 3 is 2.47 bits per heavy atom. The van der Waals surface area contributed by atoms with E-state index in [1.54, 1.807) is 0 Å². The molecule has 1 heterocycles. The van der Waals surface area contributed by atoms with Crippen LogP contribution >= 0.6 is 0 Å². The summed E-state index contributed by atoms with van der Waals surface area (Å²) in [6, 6.07) is 0. The van der Waals surface area contributed by atoms with E-state index in [-0.39, 0.29) is 5.79 Å². The summed E-state index contributed by atoms with van der Waals surface area (Å²) in [5.41, 5.74) is 0. The quantitative estimate of drug-likeness (QED) is 0.738. The van der Waals surface area contributed by atoms with Crippen molar-refractivity contribution >= 4 is 0 Å². The van der Waals surface area contributed by atoms with Gasteiger partial charge in [-0.25, -0.2) is 0 Å². The van der Waals surface area contributed by atoms with Crippen molar-refractivity contribution < 1.29 is 9.47 Å². The number of hydrogen-bond acceptors (Lipinski definition) is 2. The summed E-state index contributed by atoms with van der Waals surface area (Å²) in [5, 5.41) is 0. The molecule has 0 bridgehead atoms. The van der Waals surface area contributed by atoms with E-state index in [4.69, 9.17) is 9.47 Å². The molecule has 0 unspecified atom stereocenters. The van der Waals surface area contributed by atoms with E-state index in [2.05, 4.69) is 20.8 Å². The Morgan fingerprint density at radius 2 is 1.88 bits per heavy atom. The Hall–Kier alpha value is -0.0800. The van der Waals surface area contributed by atoms with Gasteiger partial charge in [0.25, 0.3) is 0 Å². The fourth-order valence-corrected chi connectivity index (χ4v) is 3.20. The normalized spacial score (nSPS) is 42.9. The van der Waals surface area contributed by atoms with Gasteiger partial charge in [-0.15, -0.1) is 0 Å². The molecule has 0 aromatic rings. The molecule has 2 fully saturated rings. The van der Waals surface area contributed by atoms with Gasteiger partial charge in [-0.2, -0.15) is 0 Å². The smallest absolute Gasteiger partial charge is 0.168 e. The minimum absolute atomic E-state index is 0.210. The lowest BCUT2D eigenvalue weighted by Gasteiger charge is -2.47. The summed E-state index contributed by atoms with van der Waals surface area (Å²) in [6.07, 6.45) is 8.75. The van der Waals surface area contributed by atoms with Crippen molar-refractivity contribution in [3.8, 4) is 0 Å². The lowest BCUT2D eigenvalue weighted by atomic mass is 9.84. The zero-order valence-electron chi connectivity index (χ0n) is 11.7. The molecule has 0 aromatic carbocycles. The second-order valence-corrected chi connectivity index (χ2v) is 6.02. The highest BCUT2D eigenvalue weighted by atomic mass is 16.7. The molecular formula is C15H28O2. The number of rotatable bonds is 3. The molecule has 1 aliphatic heterocycles. The van der Waals surface area contributed by atoms with E-state index >= 15 is 0 Å². The van der Waals surface area contributed by atoms with Gasteiger partial charge in [-0.1, -0.05) is 27.2 Å². The largest absolute Gasteiger partial charge is 0.350 e. The Labute approximate surface area is 106 Å². The van der Waals surface area contributed by atoms with Crippen LogP contribution in [0.25, 0.3) is 0 Å². The molecule has 1 spiro atoms. The molecule has 2 aliphatic rings. The molecule has 0 amide bonds. The van der Waals surface area contributed by atoms with Crippen LogP contribution in [0.3, 0.4) is 0 Å². The van der Waals surface area contributed by atoms with Crippen LogP contribution in [0.5, 0.6) is 0 Å². The van der Waals surface area contributed by atoms with Crippen molar-refractivity contribution in [2.45, 2.75) is 77.6 Å². The van der Waals surface area contributed by atoms with E-state index < -0.39 is 0 Å². The average molecular weight is 240 g/mol. The second kappa shape index (κ2) is 5.71.